The minimum Gasteiger partial charge on any atom is -0.354 e. The van der Waals surface area contributed by atoms with Crippen LogP contribution in [0.15, 0.2) is 103 Å². The van der Waals surface area contributed by atoms with E-state index in [2.05, 4.69) is 47.7 Å². The van der Waals surface area contributed by atoms with Gasteiger partial charge in [-0.05, 0) is 68.8 Å². The number of aldehydes is 1. The Morgan fingerprint density at radius 2 is 1.53 bits per heavy atom. The predicted octanol–water partition coefficient (Wildman–Crippen LogP) is 6.32. The summed E-state index contributed by atoms with van der Waals surface area (Å²) in [4.78, 5) is 62.6. The van der Waals surface area contributed by atoms with Crippen molar-refractivity contribution in [2.24, 2.45) is 0 Å². The number of carbonyl (C=O) groups excluding carboxylic acids is 4. The van der Waals surface area contributed by atoms with Crippen LogP contribution >= 0.6 is 0 Å². The zero-order valence-corrected chi connectivity index (χ0v) is 33.7. The van der Waals surface area contributed by atoms with Crippen molar-refractivity contribution in [3.05, 3.63) is 132 Å². The molecule has 1 aliphatic rings. The Labute approximate surface area is 336 Å². The second-order valence-corrected chi connectivity index (χ2v) is 12.7. The quantitative estimate of drug-likeness (QED) is 0.0563. The van der Waals surface area contributed by atoms with E-state index in [1.807, 2.05) is 111 Å². The van der Waals surface area contributed by atoms with E-state index in [0.29, 0.717) is 24.6 Å². The van der Waals surface area contributed by atoms with Gasteiger partial charge in [-0.25, -0.2) is 9.97 Å². The Hall–Kier alpha value is -6.32. The van der Waals surface area contributed by atoms with E-state index in [4.69, 9.17) is 4.79 Å². The van der Waals surface area contributed by atoms with Crippen LogP contribution in [0.25, 0.3) is 11.3 Å². The minimum absolute atomic E-state index is 0.0103. The molecule has 3 heterocycles. The third-order valence-corrected chi connectivity index (χ3v) is 8.63. The fraction of sp³-hybridized carbons (Fsp3) is 0.333. The summed E-state index contributed by atoms with van der Waals surface area (Å²) in [5, 5.41) is 8.69. The normalized spacial score (nSPS) is 13.1. The number of benzene rings is 3. The fourth-order valence-corrected chi connectivity index (χ4v) is 5.94. The van der Waals surface area contributed by atoms with Gasteiger partial charge in [0.2, 0.25) is 17.7 Å². The van der Waals surface area contributed by atoms with Crippen molar-refractivity contribution in [1.29, 1.82) is 0 Å². The summed E-state index contributed by atoms with van der Waals surface area (Å²) < 4.78 is 0. The zero-order chi connectivity index (χ0) is 41.3. The number of nitrogens with zero attached hydrogens (tertiary/aromatic N) is 3. The maximum atomic E-state index is 12.6. The SMILES string of the molecule is CC.CC=O.CNC(C(=O)NCCCCc1ncc(-c2ccc(C#Cc3cnc(C4CCCN4C(=O)CNC(C)=O)[nH]3)cc2)[nH]1)c1ccccc1.c1ccccc1. The molecule has 1 saturated heterocycles. The number of aryl methyl sites for hydroxylation is 1. The average molecular weight is 773 g/mol. The number of aromatic nitrogens is 4. The lowest BCUT2D eigenvalue weighted by Gasteiger charge is -2.23. The van der Waals surface area contributed by atoms with Gasteiger partial charge in [0.1, 0.15) is 29.7 Å². The number of likely N-dealkylation sites (N-methyl/N-ethyl adjacent to an activating group) is 1. The molecule has 0 saturated carbocycles. The van der Waals surface area contributed by atoms with Crippen molar-refractivity contribution in [3.63, 3.8) is 0 Å². The van der Waals surface area contributed by atoms with Crippen molar-refractivity contribution < 1.29 is 19.2 Å². The molecule has 2 aromatic heterocycles. The molecule has 2 unspecified atom stereocenters. The van der Waals surface area contributed by atoms with E-state index >= 15 is 0 Å². The number of hydrogen-bond donors (Lipinski definition) is 5. The average Bonchev–Trinajstić information content (AvgIpc) is 4.04. The highest BCUT2D eigenvalue weighted by molar-refractivity contribution is 5.84. The van der Waals surface area contributed by atoms with Crippen molar-refractivity contribution in [2.45, 2.75) is 71.9 Å². The number of nitrogens with one attached hydrogen (secondary N) is 5. The third kappa shape index (κ3) is 15.4. The highest BCUT2D eigenvalue weighted by atomic mass is 16.2. The number of aromatic amines is 2. The predicted molar refractivity (Wildman–Crippen MR) is 225 cm³/mol. The van der Waals surface area contributed by atoms with E-state index in [1.54, 1.807) is 18.1 Å². The lowest BCUT2D eigenvalue weighted by atomic mass is 10.1. The molecule has 300 valence electrons. The fourth-order valence-electron chi connectivity index (χ4n) is 5.94. The van der Waals surface area contributed by atoms with Crippen LogP contribution < -0.4 is 16.0 Å². The highest BCUT2D eigenvalue weighted by Gasteiger charge is 2.31. The van der Waals surface area contributed by atoms with Gasteiger partial charge in [0.05, 0.1) is 30.7 Å². The summed E-state index contributed by atoms with van der Waals surface area (Å²) in [6, 6.07) is 29.1. The molecule has 12 heteroatoms. The number of carbonyl (C=O) groups is 4. The Bertz CT molecular complexity index is 1960. The van der Waals surface area contributed by atoms with Crippen LogP contribution in [0.4, 0.5) is 0 Å². The van der Waals surface area contributed by atoms with Crippen molar-refractivity contribution in [1.82, 2.24) is 40.8 Å². The first kappa shape index (κ1) is 45.1. The van der Waals surface area contributed by atoms with E-state index in [9.17, 15) is 14.4 Å². The van der Waals surface area contributed by atoms with Crippen LogP contribution in [-0.2, 0) is 25.6 Å². The van der Waals surface area contributed by atoms with Gasteiger partial charge < -0.3 is 35.6 Å². The smallest absolute Gasteiger partial charge is 0.242 e. The van der Waals surface area contributed by atoms with Gasteiger partial charge in [0, 0.05) is 32.0 Å². The molecule has 12 nitrogen and oxygen atoms in total. The molecule has 1 aliphatic heterocycles. The molecule has 0 radical (unpaired) electrons. The first-order valence-electron chi connectivity index (χ1n) is 19.5. The number of imidazole rings is 2. The minimum atomic E-state index is -0.362. The molecular formula is C45H56N8O4. The van der Waals surface area contributed by atoms with E-state index in [0.717, 1.165) is 66.6 Å². The molecule has 5 N–H and O–H groups in total. The second kappa shape index (κ2) is 25.7. The Balaban J connectivity index is 0.000000696. The molecule has 3 amide bonds. The Kier molecular flexibility index (Phi) is 20.3. The van der Waals surface area contributed by atoms with E-state index < -0.39 is 0 Å². The molecule has 3 aromatic carbocycles. The van der Waals surface area contributed by atoms with Crippen LogP contribution in [-0.4, -0.2) is 75.5 Å². The standard InChI is InChI=1S/C35H40N8O3.C6H6.C2H4O.C2H6/c1-24(44)38-23-32(45)43-20-8-11-30(43)34-40-21-28(41-34)18-15-25-13-16-26(17-14-25)29-22-39-31(42-29)12-6-7-19-37-35(46)33(36-2)27-9-4-3-5-10-27;1-2-4-6-5-3-1;1-2-3;1-2/h3-5,9-10,13-14,16-17,21-22,30,33,36H,6-8,11-12,19-20,23H2,1-2H3,(H,37,46)(H,38,44)(H,39,42)(H,40,41);1-6H;2H,1H3;1-2H3. The number of likely N-dealkylation sites (tertiary alicyclic amines) is 1. The maximum absolute atomic E-state index is 12.6. The number of H-pyrrole nitrogens is 2. The van der Waals surface area contributed by atoms with Gasteiger partial charge in [0.15, 0.2) is 0 Å². The van der Waals surface area contributed by atoms with Gasteiger partial charge in [-0.1, -0.05) is 98.6 Å². The molecule has 0 bridgehead atoms. The first-order valence-corrected chi connectivity index (χ1v) is 19.5. The zero-order valence-electron chi connectivity index (χ0n) is 33.7. The van der Waals surface area contributed by atoms with Gasteiger partial charge in [-0.15, -0.1) is 0 Å². The van der Waals surface area contributed by atoms with Crippen LogP contribution in [0, 0.1) is 11.8 Å². The summed E-state index contributed by atoms with van der Waals surface area (Å²) in [6.45, 7) is 8.08. The Morgan fingerprint density at radius 3 is 2.16 bits per heavy atom. The van der Waals surface area contributed by atoms with Gasteiger partial charge in [-0.2, -0.15) is 0 Å². The molecule has 6 rings (SSSR count). The molecular weight excluding hydrogens is 717 g/mol. The molecule has 2 atom stereocenters. The summed E-state index contributed by atoms with van der Waals surface area (Å²) in [7, 11) is 1.79. The maximum Gasteiger partial charge on any atom is 0.242 e. The topological polar surface area (TPSA) is 165 Å². The van der Waals surface area contributed by atoms with Crippen LogP contribution in [0.1, 0.15) is 93.9 Å². The Morgan fingerprint density at radius 1 is 0.877 bits per heavy atom. The van der Waals surface area contributed by atoms with Crippen molar-refractivity contribution >= 4 is 24.0 Å². The third-order valence-electron chi connectivity index (χ3n) is 8.63. The lowest BCUT2D eigenvalue weighted by molar-refractivity contribution is -0.133. The highest BCUT2D eigenvalue weighted by Crippen LogP contribution is 2.30. The number of rotatable bonds is 12. The largest absolute Gasteiger partial charge is 0.354 e. The summed E-state index contributed by atoms with van der Waals surface area (Å²) in [5.41, 5.74) is 4.44. The van der Waals surface area contributed by atoms with E-state index in [-0.39, 0.29) is 36.3 Å². The molecule has 0 spiro atoms. The van der Waals surface area contributed by atoms with Crippen LogP contribution in [0.5, 0.6) is 0 Å². The van der Waals surface area contributed by atoms with Gasteiger partial charge >= 0.3 is 0 Å². The number of amides is 3. The molecule has 0 aliphatic carbocycles. The molecule has 5 aromatic rings. The monoisotopic (exact) mass is 772 g/mol. The van der Waals surface area contributed by atoms with Gasteiger partial charge in [-0.3, -0.25) is 14.4 Å². The van der Waals surface area contributed by atoms with Gasteiger partial charge in [0.25, 0.3) is 0 Å². The number of hydrogen-bond acceptors (Lipinski definition) is 7. The first-order chi connectivity index (χ1) is 27.8. The molecule has 57 heavy (non-hydrogen) atoms. The van der Waals surface area contributed by atoms with E-state index in [1.165, 1.54) is 13.8 Å². The van der Waals surface area contributed by atoms with Crippen LogP contribution in [0.3, 0.4) is 0 Å². The summed E-state index contributed by atoms with van der Waals surface area (Å²) in [6.07, 6.45) is 8.53. The summed E-state index contributed by atoms with van der Waals surface area (Å²) >= 11 is 0. The second-order valence-electron chi connectivity index (χ2n) is 12.7. The van der Waals surface area contributed by atoms with Crippen molar-refractivity contribution in [2.75, 3.05) is 26.7 Å². The summed E-state index contributed by atoms with van der Waals surface area (Å²) in [5.74, 6) is 7.56. The molecule has 1 fully saturated rings. The van der Waals surface area contributed by atoms with Crippen LogP contribution in [0.2, 0.25) is 0 Å². The lowest BCUT2D eigenvalue weighted by Crippen LogP contribution is -2.39. The number of unbranched alkanes of at least 4 members (excludes halogenated alkanes) is 1. The van der Waals surface area contributed by atoms with Crippen molar-refractivity contribution in [3.8, 4) is 23.1 Å².